The largest absolute Gasteiger partial charge is 0.456 e. The predicted molar refractivity (Wildman–Crippen MR) is 194 cm³/mol. The summed E-state index contributed by atoms with van der Waals surface area (Å²) < 4.78 is 21.2. The Bertz CT molecular complexity index is 2300. The highest BCUT2D eigenvalue weighted by molar-refractivity contribution is 6.09. The van der Waals surface area contributed by atoms with Crippen molar-refractivity contribution in [3.63, 3.8) is 0 Å². The SMILES string of the molecule is [2H]C(C)(C)c1ccnc(-n2c3ccccc3c3ccc(Oc4cncc(-n5[c-][n+](-c6cc(C(C)(C)C)cc(C(C)(C)C)c6)cc5)c4)cc32)c1. The maximum Gasteiger partial charge on any atom is 0.268 e. The number of hydrogen-bond donors (Lipinski definition) is 0. The summed E-state index contributed by atoms with van der Waals surface area (Å²) in [7, 11) is 0. The van der Waals surface area contributed by atoms with Crippen molar-refractivity contribution in [3.05, 3.63) is 133 Å². The molecule has 0 spiro atoms. The lowest BCUT2D eigenvalue weighted by atomic mass is 9.80. The van der Waals surface area contributed by atoms with E-state index in [1.165, 1.54) is 11.1 Å². The minimum atomic E-state index is -0.745. The average Bonchev–Trinajstić information content (AvgIpc) is 3.67. The number of benzene rings is 3. The van der Waals surface area contributed by atoms with Gasteiger partial charge in [-0.15, -0.1) is 0 Å². The normalized spacial score (nSPS) is 12.9. The summed E-state index contributed by atoms with van der Waals surface area (Å²) in [5, 5.41) is 2.23. The highest BCUT2D eigenvalue weighted by atomic mass is 16.5. The summed E-state index contributed by atoms with van der Waals surface area (Å²) >= 11 is 0. The first kappa shape index (κ1) is 30.1. The number of rotatable bonds is 6. The van der Waals surface area contributed by atoms with Crippen molar-refractivity contribution in [2.24, 2.45) is 0 Å². The third kappa shape index (κ3) is 5.99. The van der Waals surface area contributed by atoms with Crippen LogP contribution in [0.5, 0.6) is 11.5 Å². The molecule has 6 nitrogen and oxygen atoms in total. The van der Waals surface area contributed by atoms with Crippen LogP contribution in [0.4, 0.5) is 0 Å². The standard InChI is InChI=1S/C42H43N5O/c1-28(2)29-15-16-44-40(19-29)47-38-12-10-9-11-36(38)37-14-13-34(24-39(37)47)48-35-23-33(25-43-26-35)46-18-17-45(27-46)32-21-30(41(3,4)5)20-31(22-32)42(6,7)8/h9-26,28H,1-8H3/i28D. The van der Waals surface area contributed by atoms with Crippen LogP contribution in [0.1, 0.15) is 79.3 Å². The molecule has 0 radical (unpaired) electrons. The van der Waals surface area contributed by atoms with Gasteiger partial charge in [0.05, 0.1) is 28.6 Å². The number of hydrogen-bond acceptors (Lipinski definition) is 3. The van der Waals surface area contributed by atoms with E-state index in [0.29, 0.717) is 11.5 Å². The van der Waals surface area contributed by atoms with Crippen molar-refractivity contribution < 1.29 is 10.7 Å². The zero-order valence-electron chi connectivity index (χ0n) is 30.0. The van der Waals surface area contributed by atoms with Crippen molar-refractivity contribution in [1.29, 1.82) is 0 Å². The second kappa shape index (κ2) is 11.8. The minimum absolute atomic E-state index is 0.0194. The maximum atomic E-state index is 8.60. The van der Waals surface area contributed by atoms with Crippen LogP contribution in [0.15, 0.2) is 110 Å². The summed E-state index contributed by atoms with van der Waals surface area (Å²) in [6.45, 7) is 17.3. The predicted octanol–water partition coefficient (Wildman–Crippen LogP) is 9.95. The van der Waals surface area contributed by atoms with Gasteiger partial charge in [-0.05, 0) is 81.9 Å². The van der Waals surface area contributed by atoms with E-state index in [9.17, 15) is 0 Å². The van der Waals surface area contributed by atoms with E-state index in [1.54, 1.807) is 12.4 Å². The Morgan fingerprint density at radius 3 is 2.25 bits per heavy atom. The lowest BCUT2D eigenvalue weighted by Gasteiger charge is -2.26. The van der Waals surface area contributed by atoms with Gasteiger partial charge in [0.15, 0.2) is 0 Å². The van der Waals surface area contributed by atoms with Crippen LogP contribution in [0.2, 0.25) is 0 Å². The summed E-state index contributed by atoms with van der Waals surface area (Å²) in [5.41, 5.74) is 7.46. The van der Waals surface area contributed by atoms with Crippen molar-refractivity contribution in [1.82, 2.24) is 19.1 Å². The van der Waals surface area contributed by atoms with E-state index < -0.39 is 5.89 Å². The fourth-order valence-electron chi connectivity index (χ4n) is 6.06. The highest BCUT2D eigenvalue weighted by Crippen LogP contribution is 2.36. The Morgan fingerprint density at radius 2 is 1.52 bits per heavy atom. The Hall–Kier alpha value is -5.23. The van der Waals surface area contributed by atoms with Gasteiger partial charge in [0.2, 0.25) is 0 Å². The fraction of sp³-hybridized carbons (Fsp3) is 0.262. The first-order valence-corrected chi connectivity index (χ1v) is 16.5. The molecule has 0 aliphatic rings. The van der Waals surface area contributed by atoms with Crippen LogP contribution in [-0.4, -0.2) is 19.1 Å². The second-order valence-corrected chi connectivity index (χ2v) is 14.8. The van der Waals surface area contributed by atoms with Crippen LogP contribution < -0.4 is 9.30 Å². The Kier molecular flexibility index (Phi) is 7.39. The molecule has 0 aliphatic heterocycles. The molecule has 4 heterocycles. The Balaban J connectivity index is 1.23. The summed E-state index contributed by atoms with van der Waals surface area (Å²) in [6, 6.07) is 27.2. The molecular formula is C42H43N5O. The number of aromatic nitrogens is 5. The van der Waals surface area contributed by atoms with E-state index in [0.717, 1.165) is 44.6 Å². The molecule has 0 unspecified atom stereocenters. The molecule has 6 heteroatoms. The fourth-order valence-corrected chi connectivity index (χ4v) is 6.06. The maximum absolute atomic E-state index is 8.60. The van der Waals surface area contributed by atoms with Crippen LogP contribution in [0, 0.1) is 6.33 Å². The van der Waals surface area contributed by atoms with E-state index in [1.807, 2.05) is 78.0 Å². The van der Waals surface area contributed by atoms with Gasteiger partial charge >= 0.3 is 0 Å². The molecule has 0 saturated carbocycles. The lowest BCUT2D eigenvalue weighted by molar-refractivity contribution is -0.599. The Labute approximate surface area is 284 Å². The lowest BCUT2D eigenvalue weighted by Crippen LogP contribution is -2.30. The molecule has 0 atom stereocenters. The Morgan fingerprint density at radius 1 is 0.792 bits per heavy atom. The molecule has 48 heavy (non-hydrogen) atoms. The van der Waals surface area contributed by atoms with Gasteiger partial charge in [-0.1, -0.05) is 79.7 Å². The van der Waals surface area contributed by atoms with Gasteiger partial charge in [-0.2, -0.15) is 0 Å². The molecule has 0 aliphatic carbocycles. The van der Waals surface area contributed by atoms with E-state index >= 15 is 0 Å². The van der Waals surface area contributed by atoms with Crippen molar-refractivity contribution in [3.8, 4) is 28.7 Å². The summed E-state index contributed by atoms with van der Waals surface area (Å²) in [6.07, 6.45) is 12.8. The first-order valence-electron chi connectivity index (χ1n) is 17.0. The van der Waals surface area contributed by atoms with Gasteiger partial charge in [0.25, 0.3) is 6.33 Å². The molecule has 0 saturated heterocycles. The number of para-hydroxylation sites is 1. The van der Waals surface area contributed by atoms with Crippen LogP contribution >= 0.6 is 0 Å². The summed E-state index contributed by atoms with van der Waals surface area (Å²) in [5.74, 6) is 1.33. The molecule has 7 aromatic rings. The minimum Gasteiger partial charge on any atom is -0.456 e. The molecule has 0 bridgehead atoms. The van der Waals surface area contributed by atoms with Crippen LogP contribution in [0.25, 0.3) is 39.0 Å². The van der Waals surface area contributed by atoms with Gasteiger partial charge in [0, 0.05) is 43.0 Å². The number of fused-ring (bicyclic) bond motifs is 3. The van der Waals surface area contributed by atoms with E-state index in [-0.39, 0.29) is 10.8 Å². The van der Waals surface area contributed by atoms with Gasteiger partial charge in [-0.25, -0.2) is 4.98 Å². The van der Waals surface area contributed by atoms with Crippen molar-refractivity contribution in [2.75, 3.05) is 0 Å². The van der Waals surface area contributed by atoms with E-state index in [2.05, 4.69) is 99.9 Å². The average molecular weight is 635 g/mol. The molecule has 242 valence electrons. The molecule has 0 amide bonds. The molecule has 0 fully saturated rings. The first-order chi connectivity index (χ1) is 23.1. The molecule has 4 aromatic heterocycles. The van der Waals surface area contributed by atoms with Gasteiger partial charge < -0.3 is 4.74 Å². The number of imidazole rings is 1. The third-order valence-corrected chi connectivity index (χ3v) is 8.92. The monoisotopic (exact) mass is 634 g/mol. The van der Waals surface area contributed by atoms with Crippen molar-refractivity contribution in [2.45, 2.75) is 72.1 Å². The van der Waals surface area contributed by atoms with Crippen molar-refractivity contribution >= 4 is 21.8 Å². The third-order valence-electron chi connectivity index (χ3n) is 8.92. The quantitative estimate of drug-likeness (QED) is 0.135. The van der Waals surface area contributed by atoms with Crippen LogP contribution in [-0.2, 0) is 10.8 Å². The number of pyridine rings is 2. The highest BCUT2D eigenvalue weighted by Gasteiger charge is 2.21. The molecule has 3 aromatic carbocycles. The molecule has 0 N–H and O–H groups in total. The zero-order chi connectivity index (χ0) is 34.7. The van der Waals surface area contributed by atoms with Gasteiger partial charge in [0.1, 0.15) is 17.3 Å². The van der Waals surface area contributed by atoms with Gasteiger partial charge in [-0.3, -0.25) is 18.7 Å². The van der Waals surface area contributed by atoms with E-state index in [4.69, 9.17) is 11.1 Å². The number of ether oxygens (including phenoxy) is 1. The topological polar surface area (TPSA) is 48.8 Å². The number of nitrogens with zero attached hydrogens (tertiary/aromatic N) is 5. The zero-order valence-corrected chi connectivity index (χ0v) is 29.0. The summed E-state index contributed by atoms with van der Waals surface area (Å²) in [4.78, 5) is 9.25. The molecule has 7 rings (SSSR count). The van der Waals surface area contributed by atoms with Crippen LogP contribution in [0.3, 0.4) is 0 Å². The second-order valence-electron chi connectivity index (χ2n) is 14.8. The smallest absolute Gasteiger partial charge is 0.268 e. The molecular weight excluding hydrogens is 590 g/mol.